The first-order chi connectivity index (χ1) is 11.9. The third kappa shape index (κ3) is 5.28. The number of tetrazole rings is 1. The van der Waals surface area contributed by atoms with Gasteiger partial charge in [0, 0.05) is 6.54 Å². The summed E-state index contributed by atoms with van der Waals surface area (Å²) in [6, 6.07) is 7.19. The Kier molecular flexibility index (Phi) is 6.51. The molecule has 0 spiro atoms. The lowest BCUT2D eigenvalue weighted by molar-refractivity contribution is -0.119. The molecule has 0 aliphatic heterocycles. The average Bonchev–Trinajstić information content (AvgIpc) is 3.01. The van der Waals surface area contributed by atoms with Crippen LogP contribution in [0.5, 0.6) is 0 Å². The molecule has 0 aliphatic carbocycles. The number of nitrogens with one attached hydrogen (secondary N) is 2. The molecule has 0 radical (unpaired) electrons. The van der Waals surface area contributed by atoms with E-state index in [1.165, 1.54) is 11.8 Å². The van der Waals surface area contributed by atoms with E-state index in [2.05, 4.69) is 26.2 Å². The second-order valence-electron chi connectivity index (χ2n) is 6.01. The zero-order chi connectivity index (χ0) is 18.4. The Morgan fingerprint density at radius 1 is 1.24 bits per heavy atom. The molecule has 134 valence electrons. The first-order valence-electron chi connectivity index (χ1n) is 7.98. The quantitative estimate of drug-likeness (QED) is 0.762. The SMILES string of the molecule is Cc1ccccc1-n1nnnc1S[C@H](C)C(=O)NC(=O)NCC(C)C. The van der Waals surface area contributed by atoms with Gasteiger partial charge >= 0.3 is 6.03 Å². The van der Waals surface area contributed by atoms with Gasteiger partial charge in [0.15, 0.2) is 0 Å². The number of carbonyl (C=O) groups excluding carboxylic acids is 2. The maximum Gasteiger partial charge on any atom is 0.321 e. The van der Waals surface area contributed by atoms with Crippen LogP contribution in [-0.2, 0) is 4.79 Å². The molecule has 0 fully saturated rings. The first-order valence-corrected chi connectivity index (χ1v) is 8.86. The van der Waals surface area contributed by atoms with E-state index in [1.54, 1.807) is 11.6 Å². The third-order valence-electron chi connectivity index (χ3n) is 3.34. The molecule has 25 heavy (non-hydrogen) atoms. The van der Waals surface area contributed by atoms with Crippen molar-refractivity contribution in [3.8, 4) is 5.69 Å². The van der Waals surface area contributed by atoms with Crippen molar-refractivity contribution in [3.63, 3.8) is 0 Å². The summed E-state index contributed by atoms with van der Waals surface area (Å²) in [5.41, 5.74) is 1.86. The van der Waals surface area contributed by atoms with Gasteiger partial charge in [0.05, 0.1) is 10.9 Å². The Balaban J connectivity index is 2.01. The van der Waals surface area contributed by atoms with Crippen LogP contribution in [0.3, 0.4) is 0 Å². The number of thioether (sulfide) groups is 1. The van der Waals surface area contributed by atoms with E-state index in [0.29, 0.717) is 17.6 Å². The molecule has 2 N–H and O–H groups in total. The standard InChI is InChI=1S/C16H22N6O2S/c1-10(2)9-17-15(24)18-14(23)12(4)25-16-19-20-21-22(16)13-8-6-5-7-11(13)3/h5-8,10,12H,9H2,1-4H3,(H2,17,18,23,24)/t12-/m1/s1. The number of carbonyl (C=O) groups is 2. The molecule has 3 amide bonds. The number of benzene rings is 1. The number of rotatable bonds is 6. The minimum atomic E-state index is -0.529. The fraction of sp³-hybridized carbons (Fsp3) is 0.438. The van der Waals surface area contributed by atoms with Crippen molar-refractivity contribution in [2.45, 2.75) is 38.1 Å². The molecule has 0 saturated carbocycles. The maximum absolute atomic E-state index is 12.2. The Labute approximate surface area is 150 Å². The van der Waals surface area contributed by atoms with Gasteiger partial charge in [-0.1, -0.05) is 43.8 Å². The van der Waals surface area contributed by atoms with Gasteiger partial charge in [0.25, 0.3) is 0 Å². The lowest BCUT2D eigenvalue weighted by Crippen LogP contribution is -2.43. The van der Waals surface area contributed by atoms with Crippen LogP contribution < -0.4 is 10.6 Å². The number of hydrogen-bond donors (Lipinski definition) is 2. The summed E-state index contributed by atoms with van der Waals surface area (Å²) in [5, 5.41) is 16.6. The number of aromatic nitrogens is 4. The van der Waals surface area contributed by atoms with Crippen LogP contribution in [0.4, 0.5) is 4.79 Å². The van der Waals surface area contributed by atoms with Gasteiger partial charge in [-0.3, -0.25) is 10.1 Å². The molecule has 9 heteroatoms. The van der Waals surface area contributed by atoms with E-state index in [0.717, 1.165) is 11.3 Å². The molecular formula is C16H22N6O2S. The fourth-order valence-corrected chi connectivity index (χ4v) is 2.77. The molecule has 1 heterocycles. The molecule has 2 aromatic rings. The number of amides is 3. The van der Waals surface area contributed by atoms with E-state index >= 15 is 0 Å². The van der Waals surface area contributed by atoms with Crippen molar-refractivity contribution in [3.05, 3.63) is 29.8 Å². The molecule has 0 saturated heterocycles. The number of para-hydroxylation sites is 1. The van der Waals surface area contributed by atoms with Gasteiger partial charge in [-0.25, -0.2) is 4.79 Å². The third-order valence-corrected chi connectivity index (χ3v) is 4.38. The van der Waals surface area contributed by atoms with Crippen molar-refractivity contribution in [2.75, 3.05) is 6.54 Å². The predicted octanol–water partition coefficient (Wildman–Crippen LogP) is 1.93. The molecule has 0 aliphatic rings. The van der Waals surface area contributed by atoms with Gasteiger partial charge in [-0.2, -0.15) is 4.68 Å². The summed E-state index contributed by atoms with van der Waals surface area (Å²) < 4.78 is 1.59. The highest BCUT2D eigenvalue weighted by molar-refractivity contribution is 8.00. The monoisotopic (exact) mass is 362 g/mol. The van der Waals surface area contributed by atoms with Crippen molar-refractivity contribution < 1.29 is 9.59 Å². The molecule has 1 aromatic heterocycles. The summed E-state index contributed by atoms with van der Waals surface area (Å²) in [5.74, 6) is -0.0861. The number of aryl methyl sites for hydroxylation is 1. The zero-order valence-electron chi connectivity index (χ0n) is 14.7. The number of urea groups is 1. The van der Waals surface area contributed by atoms with E-state index in [4.69, 9.17) is 0 Å². The Hall–Kier alpha value is -2.42. The van der Waals surface area contributed by atoms with E-state index < -0.39 is 17.2 Å². The van der Waals surface area contributed by atoms with Crippen molar-refractivity contribution in [1.29, 1.82) is 0 Å². The molecule has 2 rings (SSSR count). The molecule has 8 nitrogen and oxygen atoms in total. The van der Waals surface area contributed by atoms with Crippen LogP contribution in [0.15, 0.2) is 29.4 Å². The summed E-state index contributed by atoms with van der Waals surface area (Å²) in [6.07, 6.45) is 0. The van der Waals surface area contributed by atoms with Gasteiger partial charge in [0.1, 0.15) is 0 Å². The predicted molar refractivity (Wildman–Crippen MR) is 95.6 cm³/mol. The van der Waals surface area contributed by atoms with E-state index in [1.807, 2.05) is 45.0 Å². The number of nitrogens with zero attached hydrogens (tertiary/aromatic N) is 4. The average molecular weight is 362 g/mol. The summed E-state index contributed by atoms with van der Waals surface area (Å²) >= 11 is 1.19. The van der Waals surface area contributed by atoms with E-state index in [9.17, 15) is 9.59 Å². The highest BCUT2D eigenvalue weighted by atomic mass is 32.2. The van der Waals surface area contributed by atoms with Crippen LogP contribution in [0.25, 0.3) is 5.69 Å². The van der Waals surface area contributed by atoms with Gasteiger partial charge < -0.3 is 5.32 Å². The lowest BCUT2D eigenvalue weighted by Gasteiger charge is -2.13. The van der Waals surface area contributed by atoms with Crippen LogP contribution in [0, 0.1) is 12.8 Å². The smallest absolute Gasteiger partial charge is 0.321 e. The topological polar surface area (TPSA) is 102 Å². The van der Waals surface area contributed by atoms with Crippen molar-refractivity contribution in [1.82, 2.24) is 30.8 Å². The lowest BCUT2D eigenvalue weighted by atomic mass is 10.2. The van der Waals surface area contributed by atoms with Gasteiger partial charge in [0.2, 0.25) is 11.1 Å². The first kappa shape index (κ1) is 18.9. The number of imide groups is 1. The second-order valence-corrected chi connectivity index (χ2v) is 7.32. The minimum Gasteiger partial charge on any atom is -0.338 e. The molecule has 0 bridgehead atoms. The minimum absolute atomic E-state index is 0.311. The summed E-state index contributed by atoms with van der Waals surface area (Å²) in [6.45, 7) is 8.12. The second kappa shape index (κ2) is 8.61. The van der Waals surface area contributed by atoms with Crippen LogP contribution in [-0.4, -0.2) is 43.9 Å². The van der Waals surface area contributed by atoms with Gasteiger partial charge in [-0.05, 0) is 41.8 Å². The molecular weight excluding hydrogens is 340 g/mol. The van der Waals surface area contributed by atoms with Crippen molar-refractivity contribution in [2.24, 2.45) is 5.92 Å². The summed E-state index contributed by atoms with van der Waals surface area (Å²) in [7, 11) is 0. The van der Waals surface area contributed by atoms with Crippen LogP contribution in [0.1, 0.15) is 26.3 Å². The van der Waals surface area contributed by atoms with Crippen molar-refractivity contribution >= 4 is 23.7 Å². The van der Waals surface area contributed by atoms with Crippen LogP contribution >= 0.6 is 11.8 Å². The highest BCUT2D eigenvalue weighted by Crippen LogP contribution is 2.24. The molecule has 0 unspecified atom stereocenters. The molecule has 1 aromatic carbocycles. The largest absolute Gasteiger partial charge is 0.338 e. The van der Waals surface area contributed by atoms with E-state index in [-0.39, 0.29) is 0 Å². The number of hydrogen-bond acceptors (Lipinski definition) is 6. The Morgan fingerprint density at radius 3 is 2.64 bits per heavy atom. The Morgan fingerprint density at radius 2 is 1.96 bits per heavy atom. The molecule has 1 atom stereocenters. The normalized spacial score (nSPS) is 12.0. The Bertz CT molecular complexity index is 746. The summed E-state index contributed by atoms with van der Waals surface area (Å²) in [4.78, 5) is 23.9. The van der Waals surface area contributed by atoms with Gasteiger partial charge in [-0.15, -0.1) is 5.10 Å². The maximum atomic E-state index is 12.2. The highest BCUT2D eigenvalue weighted by Gasteiger charge is 2.21. The van der Waals surface area contributed by atoms with Crippen LogP contribution in [0.2, 0.25) is 0 Å². The zero-order valence-corrected chi connectivity index (χ0v) is 15.5. The fourth-order valence-electron chi connectivity index (χ4n) is 1.97.